The van der Waals surface area contributed by atoms with E-state index in [1.54, 1.807) is 0 Å². The number of benzene rings is 2. The molecule has 1 fully saturated rings. The van der Waals surface area contributed by atoms with Crippen LogP contribution in [-0.4, -0.2) is 31.5 Å². The predicted octanol–water partition coefficient (Wildman–Crippen LogP) is 5.27. The number of rotatable bonds is 5. The first-order valence-electron chi connectivity index (χ1n) is 8.45. The molecule has 0 spiro atoms. The van der Waals surface area contributed by atoms with Crippen LogP contribution in [0, 0.1) is 0 Å². The van der Waals surface area contributed by atoms with Gasteiger partial charge in [0.1, 0.15) is 17.6 Å². The number of nitrogens with zero attached hydrogens (tertiary/aromatic N) is 1. The average Bonchev–Trinajstić information content (AvgIpc) is 2.64. The highest BCUT2D eigenvalue weighted by molar-refractivity contribution is 5.46. The first-order valence-corrected chi connectivity index (χ1v) is 8.45. The molecule has 0 unspecified atom stereocenters. The number of halogens is 5. The highest BCUT2D eigenvalue weighted by Gasteiger charge is 2.61. The van der Waals surface area contributed by atoms with Crippen LogP contribution >= 0.6 is 0 Å². The maximum atomic E-state index is 12.9. The molecule has 0 aromatic heterocycles. The Labute approximate surface area is 153 Å². The molecule has 2 aromatic carbocycles. The van der Waals surface area contributed by atoms with Crippen LogP contribution in [0.1, 0.15) is 12.8 Å². The third kappa shape index (κ3) is 4.81. The zero-order chi connectivity index (χ0) is 19.5. The summed E-state index contributed by atoms with van der Waals surface area (Å²) in [6.07, 6.45) is -9.50. The van der Waals surface area contributed by atoms with Crippen molar-refractivity contribution in [2.75, 3.05) is 18.0 Å². The minimum Gasteiger partial charge on any atom is -0.490 e. The zero-order valence-electron chi connectivity index (χ0n) is 14.3. The lowest BCUT2D eigenvalue weighted by Gasteiger charge is -2.33. The summed E-state index contributed by atoms with van der Waals surface area (Å²) < 4.78 is 71.8. The molecule has 0 N–H and O–H groups in total. The summed E-state index contributed by atoms with van der Waals surface area (Å²) in [5.74, 6) is -0.181. The fourth-order valence-electron chi connectivity index (χ4n) is 2.86. The molecule has 2 aromatic rings. The summed E-state index contributed by atoms with van der Waals surface area (Å²) in [5, 5.41) is 0. The normalized spacial score (nSPS) is 16.3. The van der Waals surface area contributed by atoms with Gasteiger partial charge in [-0.25, -0.2) is 0 Å². The summed E-state index contributed by atoms with van der Waals surface area (Å²) in [5.41, 5.74) is 1.14. The third-order valence-electron chi connectivity index (χ3n) is 4.27. The Morgan fingerprint density at radius 1 is 0.778 bits per heavy atom. The highest BCUT2D eigenvalue weighted by Crippen LogP contribution is 2.37. The SMILES string of the molecule is FC(F)(F)C(F)(F)Oc1ccc(OC2CCN(c3ccccc3)CC2)cc1. The van der Waals surface area contributed by atoms with Crippen molar-refractivity contribution in [2.45, 2.75) is 31.2 Å². The van der Waals surface area contributed by atoms with Crippen molar-refractivity contribution < 1.29 is 31.4 Å². The topological polar surface area (TPSA) is 21.7 Å². The minimum absolute atomic E-state index is 0.0478. The molecule has 0 atom stereocenters. The van der Waals surface area contributed by atoms with Crippen LogP contribution in [0.15, 0.2) is 54.6 Å². The number of ether oxygens (including phenoxy) is 2. The van der Waals surface area contributed by atoms with Gasteiger partial charge in [0.2, 0.25) is 0 Å². The van der Waals surface area contributed by atoms with E-state index in [1.165, 1.54) is 12.1 Å². The molecule has 1 aliphatic heterocycles. The van der Waals surface area contributed by atoms with Crippen molar-refractivity contribution in [3.63, 3.8) is 0 Å². The first-order chi connectivity index (χ1) is 12.7. The van der Waals surface area contributed by atoms with E-state index in [2.05, 4.69) is 9.64 Å². The molecule has 3 rings (SSSR count). The van der Waals surface area contributed by atoms with Gasteiger partial charge in [0.05, 0.1) is 0 Å². The van der Waals surface area contributed by atoms with Crippen molar-refractivity contribution in [3.05, 3.63) is 54.6 Å². The van der Waals surface area contributed by atoms with Gasteiger partial charge in [0.15, 0.2) is 0 Å². The number of anilines is 1. The lowest BCUT2D eigenvalue weighted by Crippen LogP contribution is -2.41. The highest BCUT2D eigenvalue weighted by atomic mass is 19.4. The molecule has 3 nitrogen and oxygen atoms in total. The Morgan fingerprint density at radius 2 is 1.33 bits per heavy atom. The number of alkyl halides is 5. The number of hydrogen-bond donors (Lipinski definition) is 0. The molecule has 27 heavy (non-hydrogen) atoms. The summed E-state index contributed by atoms with van der Waals surface area (Å²) in [6, 6.07) is 14.7. The van der Waals surface area contributed by atoms with Crippen LogP contribution in [0.25, 0.3) is 0 Å². The molecule has 0 amide bonds. The van der Waals surface area contributed by atoms with Crippen LogP contribution in [0.4, 0.5) is 27.6 Å². The van der Waals surface area contributed by atoms with E-state index in [1.807, 2.05) is 30.3 Å². The lowest BCUT2D eigenvalue weighted by atomic mass is 10.1. The van der Waals surface area contributed by atoms with Gasteiger partial charge in [-0.3, -0.25) is 0 Å². The van der Waals surface area contributed by atoms with Crippen LogP contribution in [0.2, 0.25) is 0 Å². The van der Waals surface area contributed by atoms with Crippen molar-refractivity contribution in [1.82, 2.24) is 0 Å². The fourth-order valence-corrected chi connectivity index (χ4v) is 2.86. The molecule has 146 valence electrons. The zero-order valence-corrected chi connectivity index (χ0v) is 14.3. The van der Waals surface area contributed by atoms with E-state index in [9.17, 15) is 22.0 Å². The average molecular weight is 387 g/mol. The van der Waals surface area contributed by atoms with Gasteiger partial charge in [-0.1, -0.05) is 18.2 Å². The lowest BCUT2D eigenvalue weighted by molar-refractivity contribution is -0.360. The van der Waals surface area contributed by atoms with Crippen LogP contribution < -0.4 is 14.4 Å². The predicted molar refractivity (Wildman–Crippen MR) is 90.4 cm³/mol. The van der Waals surface area contributed by atoms with E-state index in [4.69, 9.17) is 4.74 Å². The smallest absolute Gasteiger partial charge is 0.490 e. The van der Waals surface area contributed by atoms with Gasteiger partial charge < -0.3 is 14.4 Å². The van der Waals surface area contributed by atoms with Gasteiger partial charge >= 0.3 is 12.3 Å². The minimum atomic E-state index is -5.77. The van der Waals surface area contributed by atoms with Crippen molar-refractivity contribution in [1.29, 1.82) is 0 Å². The summed E-state index contributed by atoms with van der Waals surface area (Å²) >= 11 is 0. The van der Waals surface area contributed by atoms with E-state index < -0.39 is 18.0 Å². The maximum Gasteiger partial charge on any atom is 0.499 e. The van der Waals surface area contributed by atoms with E-state index in [0.29, 0.717) is 5.75 Å². The molecule has 0 bridgehead atoms. The second-order valence-electron chi connectivity index (χ2n) is 6.23. The Kier molecular flexibility index (Phi) is 5.43. The Bertz CT molecular complexity index is 726. The second kappa shape index (κ2) is 7.62. The maximum absolute atomic E-state index is 12.9. The van der Waals surface area contributed by atoms with Crippen molar-refractivity contribution in [3.8, 4) is 11.5 Å². The molecular formula is C19H18F5NO2. The van der Waals surface area contributed by atoms with Gasteiger partial charge in [-0.15, -0.1) is 0 Å². The van der Waals surface area contributed by atoms with Gasteiger partial charge in [0.25, 0.3) is 0 Å². The van der Waals surface area contributed by atoms with Crippen LogP contribution in [0.5, 0.6) is 11.5 Å². The number of hydrogen-bond acceptors (Lipinski definition) is 3. The van der Waals surface area contributed by atoms with Gasteiger partial charge in [0, 0.05) is 31.6 Å². The Hall–Kier alpha value is -2.51. The van der Waals surface area contributed by atoms with E-state index in [-0.39, 0.29) is 6.10 Å². The third-order valence-corrected chi connectivity index (χ3v) is 4.27. The summed E-state index contributed by atoms with van der Waals surface area (Å²) in [7, 11) is 0. The summed E-state index contributed by atoms with van der Waals surface area (Å²) in [4.78, 5) is 2.25. The van der Waals surface area contributed by atoms with Crippen molar-refractivity contribution >= 4 is 5.69 Å². The summed E-state index contributed by atoms with van der Waals surface area (Å²) in [6.45, 7) is 1.63. The molecule has 0 aliphatic carbocycles. The largest absolute Gasteiger partial charge is 0.499 e. The van der Waals surface area contributed by atoms with Crippen molar-refractivity contribution in [2.24, 2.45) is 0 Å². The van der Waals surface area contributed by atoms with Crippen LogP contribution in [-0.2, 0) is 0 Å². The molecule has 0 radical (unpaired) electrons. The molecule has 1 aliphatic rings. The molecule has 0 saturated carbocycles. The van der Waals surface area contributed by atoms with Gasteiger partial charge in [-0.05, 0) is 36.4 Å². The fraction of sp³-hybridized carbons (Fsp3) is 0.368. The Balaban J connectivity index is 1.52. The Morgan fingerprint density at radius 3 is 1.89 bits per heavy atom. The first kappa shape index (κ1) is 19.3. The molecule has 1 saturated heterocycles. The quantitative estimate of drug-likeness (QED) is 0.653. The standard InChI is InChI=1S/C19H18F5NO2/c20-18(21,22)19(23,24)27-17-8-6-15(7-9-17)26-16-10-12-25(13-11-16)14-4-2-1-3-5-14/h1-9,16H,10-13H2. The number of para-hydroxylation sites is 1. The second-order valence-corrected chi connectivity index (χ2v) is 6.23. The van der Waals surface area contributed by atoms with Crippen LogP contribution in [0.3, 0.4) is 0 Å². The van der Waals surface area contributed by atoms with E-state index >= 15 is 0 Å². The monoisotopic (exact) mass is 387 g/mol. The molecule has 1 heterocycles. The number of piperidine rings is 1. The van der Waals surface area contributed by atoms with E-state index in [0.717, 1.165) is 43.8 Å². The van der Waals surface area contributed by atoms with Gasteiger partial charge in [-0.2, -0.15) is 22.0 Å². The molecular weight excluding hydrogens is 369 g/mol. The molecule has 8 heteroatoms.